The topological polar surface area (TPSA) is 104 Å². The molecular formula is C19H21ClN4O4. The summed E-state index contributed by atoms with van der Waals surface area (Å²) < 4.78 is 5.47. The monoisotopic (exact) mass is 404 g/mol. The molecule has 1 aromatic heterocycles. The zero-order valence-corrected chi connectivity index (χ0v) is 15.9. The minimum absolute atomic E-state index is 0.113. The fraction of sp³-hybridized carbons (Fsp3) is 0.368. The summed E-state index contributed by atoms with van der Waals surface area (Å²) >= 11 is 5.84. The first-order valence-electron chi connectivity index (χ1n) is 8.98. The van der Waals surface area contributed by atoms with Crippen molar-refractivity contribution < 1.29 is 14.3 Å². The normalized spacial score (nSPS) is 16.6. The second-order valence-electron chi connectivity index (χ2n) is 6.44. The van der Waals surface area contributed by atoms with Crippen LogP contribution < -0.4 is 10.9 Å². The van der Waals surface area contributed by atoms with Gasteiger partial charge in [-0.25, -0.2) is 4.98 Å². The summed E-state index contributed by atoms with van der Waals surface area (Å²) in [5.41, 5.74) is 0.212. The molecular weight excluding hydrogens is 384 g/mol. The molecule has 1 aromatic carbocycles. The summed E-state index contributed by atoms with van der Waals surface area (Å²) in [4.78, 5) is 44.6. The van der Waals surface area contributed by atoms with E-state index in [4.69, 9.17) is 16.3 Å². The van der Waals surface area contributed by atoms with Gasteiger partial charge in [0.05, 0.1) is 25.7 Å². The maximum Gasteiger partial charge on any atom is 0.279 e. The zero-order chi connectivity index (χ0) is 19.9. The SMILES string of the molecule is O=C(Cc1ccc(Cl)cc1)NCCC1COCCN1C(=O)c1ncc[nH]c1=O. The van der Waals surface area contributed by atoms with Crippen LogP contribution in [0.25, 0.3) is 0 Å². The minimum atomic E-state index is -0.519. The molecule has 1 aliphatic heterocycles. The fourth-order valence-electron chi connectivity index (χ4n) is 3.03. The van der Waals surface area contributed by atoms with Crippen molar-refractivity contribution in [1.29, 1.82) is 0 Å². The Morgan fingerprint density at radius 3 is 2.86 bits per heavy atom. The number of halogens is 1. The molecule has 2 heterocycles. The number of amides is 2. The number of benzene rings is 1. The number of hydrogen-bond donors (Lipinski definition) is 2. The molecule has 0 radical (unpaired) electrons. The number of carbonyl (C=O) groups is 2. The maximum atomic E-state index is 12.7. The Kier molecular flexibility index (Phi) is 6.78. The third kappa shape index (κ3) is 5.17. The first kappa shape index (κ1) is 20.0. The van der Waals surface area contributed by atoms with Gasteiger partial charge in [-0.3, -0.25) is 14.4 Å². The lowest BCUT2D eigenvalue weighted by Gasteiger charge is -2.35. The van der Waals surface area contributed by atoms with E-state index in [1.165, 1.54) is 12.4 Å². The van der Waals surface area contributed by atoms with E-state index in [9.17, 15) is 14.4 Å². The lowest BCUT2D eigenvalue weighted by Crippen LogP contribution is -2.51. The molecule has 2 amide bonds. The molecule has 1 fully saturated rings. The van der Waals surface area contributed by atoms with E-state index in [0.717, 1.165) is 5.56 Å². The van der Waals surface area contributed by atoms with Crippen molar-refractivity contribution in [2.24, 2.45) is 0 Å². The van der Waals surface area contributed by atoms with Crippen molar-refractivity contribution >= 4 is 23.4 Å². The Balaban J connectivity index is 1.54. The molecule has 148 valence electrons. The predicted molar refractivity (Wildman–Crippen MR) is 103 cm³/mol. The van der Waals surface area contributed by atoms with Gasteiger partial charge in [0.2, 0.25) is 5.91 Å². The molecule has 1 atom stereocenters. The fourth-order valence-corrected chi connectivity index (χ4v) is 3.16. The highest BCUT2D eigenvalue weighted by Gasteiger charge is 2.30. The third-order valence-electron chi connectivity index (χ3n) is 4.48. The molecule has 8 nitrogen and oxygen atoms in total. The number of nitrogens with one attached hydrogen (secondary N) is 2. The van der Waals surface area contributed by atoms with Crippen LogP contribution in [0.5, 0.6) is 0 Å². The number of hydrogen-bond acceptors (Lipinski definition) is 5. The van der Waals surface area contributed by atoms with Gasteiger partial charge in [-0.2, -0.15) is 0 Å². The highest BCUT2D eigenvalue weighted by molar-refractivity contribution is 6.30. The number of ether oxygens (including phenoxy) is 1. The van der Waals surface area contributed by atoms with Crippen LogP contribution in [0.2, 0.25) is 5.02 Å². The van der Waals surface area contributed by atoms with Gasteiger partial charge < -0.3 is 19.9 Å². The van der Waals surface area contributed by atoms with E-state index in [2.05, 4.69) is 15.3 Å². The number of morpholine rings is 1. The minimum Gasteiger partial charge on any atom is -0.377 e. The molecule has 0 aliphatic carbocycles. The lowest BCUT2D eigenvalue weighted by atomic mass is 10.1. The molecule has 2 N–H and O–H groups in total. The van der Waals surface area contributed by atoms with Crippen molar-refractivity contribution in [2.75, 3.05) is 26.3 Å². The van der Waals surface area contributed by atoms with Crippen molar-refractivity contribution in [1.82, 2.24) is 20.2 Å². The molecule has 2 aromatic rings. The number of rotatable bonds is 6. The molecule has 28 heavy (non-hydrogen) atoms. The number of H-pyrrole nitrogens is 1. The Labute approximate surface area is 166 Å². The first-order chi connectivity index (χ1) is 13.5. The molecule has 1 unspecified atom stereocenters. The van der Waals surface area contributed by atoms with Crippen molar-refractivity contribution in [3.8, 4) is 0 Å². The van der Waals surface area contributed by atoms with Gasteiger partial charge in [-0.05, 0) is 24.1 Å². The summed E-state index contributed by atoms with van der Waals surface area (Å²) in [7, 11) is 0. The molecule has 3 rings (SSSR count). The summed E-state index contributed by atoms with van der Waals surface area (Å²) in [6, 6.07) is 6.86. The first-order valence-corrected chi connectivity index (χ1v) is 9.36. The van der Waals surface area contributed by atoms with Gasteiger partial charge in [0.1, 0.15) is 0 Å². The van der Waals surface area contributed by atoms with Crippen molar-refractivity contribution in [2.45, 2.75) is 18.9 Å². The number of carbonyl (C=O) groups excluding carboxylic acids is 2. The Hall–Kier alpha value is -2.71. The maximum absolute atomic E-state index is 12.7. The quantitative estimate of drug-likeness (QED) is 0.747. The predicted octanol–water partition coefficient (Wildman–Crippen LogP) is 1.01. The molecule has 0 bridgehead atoms. The number of nitrogens with zero attached hydrogens (tertiary/aromatic N) is 2. The van der Waals surface area contributed by atoms with Gasteiger partial charge in [-0.1, -0.05) is 23.7 Å². The third-order valence-corrected chi connectivity index (χ3v) is 4.73. The second-order valence-corrected chi connectivity index (χ2v) is 6.87. The number of aromatic amines is 1. The molecule has 1 saturated heterocycles. The van der Waals surface area contributed by atoms with Crippen LogP contribution in [0, 0.1) is 0 Å². The molecule has 9 heteroatoms. The summed E-state index contributed by atoms with van der Waals surface area (Å²) in [5, 5.41) is 3.48. The van der Waals surface area contributed by atoms with Crippen LogP contribution >= 0.6 is 11.6 Å². The van der Waals surface area contributed by atoms with Gasteiger partial charge in [0.15, 0.2) is 5.69 Å². The van der Waals surface area contributed by atoms with Gasteiger partial charge >= 0.3 is 0 Å². The number of aromatic nitrogens is 2. The average molecular weight is 405 g/mol. The average Bonchev–Trinajstić information content (AvgIpc) is 2.70. The van der Waals surface area contributed by atoms with E-state index >= 15 is 0 Å². The van der Waals surface area contributed by atoms with E-state index in [0.29, 0.717) is 37.7 Å². The molecule has 0 spiro atoms. The largest absolute Gasteiger partial charge is 0.377 e. The van der Waals surface area contributed by atoms with Gasteiger partial charge in [-0.15, -0.1) is 0 Å². The van der Waals surface area contributed by atoms with Crippen LogP contribution in [-0.4, -0.2) is 59.0 Å². The Bertz CT molecular complexity index is 884. The van der Waals surface area contributed by atoms with Crippen LogP contribution in [0.4, 0.5) is 0 Å². The Morgan fingerprint density at radius 1 is 1.32 bits per heavy atom. The van der Waals surface area contributed by atoms with Crippen LogP contribution in [0.1, 0.15) is 22.5 Å². The standard InChI is InChI=1S/C19H21ClN4O4/c20-14-3-1-13(2-4-14)11-16(25)21-6-5-15-12-28-10-9-24(15)19(27)17-18(26)23-8-7-22-17/h1-4,7-8,15H,5-6,9-12H2,(H,21,25)(H,23,26). The van der Waals surface area contributed by atoms with E-state index in [1.54, 1.807) is 17.0 Å². The van der Waals surface area contributed by atoms with Crippen LogP contribution in [0.3, 0.4) is 0 Å². The lowest BCUT2D eigenvalue weighted by molar-refractivity contribution is -0.120. The van der Waals surface area contributed by atoms with Crippen LogP contribution in [-0.2, 0) is 16.0 Å². The van der Waals surface area contributed by atoms with E-state index < -0.39 is 11.5 Å². The van der Waals surface area contributed by atoms with Gasteiger partial charge in [0, 0.05) is 30.5 Å². The second kappa shape index (κ2) is 9.48. The van der Waals surface area contributed by atoms with Crippen molar-refractivity contribution in [3.05, 3.63) is 63.3 Å². The molecule has 1 aliphatic rings. The molecule has 0 saturated carbocycles. The smallest absolute Gasteiger partial charge is 0.279 e. The van der Waals surface area contributed by atoms with Gasteiger partial charge in [0.25, 0.3) is 11.5 Å². The summed E-state index contributed by atoms with van der Waals surface area (Å²) in [6.07, 6.45) is 3.53. The summed E-state index contributed by atoms with van der Waals surface area (Å²) in [6.45, 7) is 1.51. The zero-order valence-electron chi connectivity index (χ0n) is 15.2. The van der Waals surface area contributed by atoms with Crippen LogP contribution in [0.15, 0.2) is 41.5 Å². The van der Waals surface area contributed by atoms with Crippen molar-refractivity contribution in [3.63, 3.8) is 0 Å². The highest BCUT2D eigenvalue weighted by atomic mass is 35.5. The van der Waals surface area contributed by atoms with E-state index in [-0.39, 0.29) is 24.1 Å². The highest BCUT2D eigenvalue weighted by Crippen LogP contribution is 2.13. The Morgan fingerprint density at radius 2 is 2.11 bits per heavy atom. The summed E-state index contributed by atoms with van der Waals surface area (Å²) in [5.74, 6) is -0.541. The van der Waals surface area contributed by atoms with E-state index in [1.807, 2.05) is 12.1 Å².